The molecule has 0 spiro atoms. The van der Waals surface area contributed by atoms with Gasteiger partial charge in [-0.2, -0.15) is 0 Å². The van der Waals surface area contributed by atoms with Crippen molar-refractivity contribution in [1.82, 2.24) is 10.3 Å². The molecule has 0 amide bonds. The fraction of sp³-hybridized carbons (Fsp3) is 0.471. The standard InChI is InChI=1S/C17H22N2OS/c1-11-6-12(2)8-14(7-11)20-10-16-19-17(13-4-5-13)15(21-16)9-18-3/h6-8,13,18H,4-5,9-10H2,1-3H3. The van der Waals surface area contributed by atoms with Gasteiger partial charge in [0, 0.05) is 17.3 Å². The molecule has 3 nitrogen and oxygen atoms in total. The molecule has 3 rings (SSSR count). The molecule has 0 atom stereocenters. The third-order valence-corrected chi connectivity index (χ3v) is 4.68. The molecule has 0 aliphatic heterocycles. The van der Waals surface area contributed by atoms with Gasteiger partial charge in [-0.1, -0.05) is 6.07 Å². The van der Waals surface area contributed by atoms with Crippen LogP contribution in [0.4, 0.5) is 0 Å². The highest BCUT2D eigenvalue weighted by atomic mass is 32.1. The lowest BCUT2D eigenvalue weighted by Crippen LogP contribution is -2.05. The van der Waals surface area contributed by atoms with E-state index in [0.29, 0.717) is 12.5 Å². The van der Waals surface area contributed by atoms with E-state index in [0.717, 1.165) is 17.3 Å². The van der Waals surface area contributed by atoms with E-state index in [1.165, 1.54) is 34.5 Å². The van der Waals surface area contributed by atoms with Gasteiger partial charge in [0.1, 0.15) is 17.4 Å². The van der Waals surface area contributed by atoms with Crippen molar-refractivity contribution in [2.75, 3.05) is 7.05 Å². The van der Waals surface area contributed by atoms with Crippen molar-refractivity contribution in [3.05, 3.63) is 44.9 Å². The number of hydrogen-bond donors (Lipinski definition) is 1. The summed E-state index contributed by atoms with van der Waals surface area (Å²) in [6.07, 6.45) is 2.58. The maximum atomic E-state index is 5.93. The number of nitrogens with zero attached hydrogens (tertiary/aromatic N) is 1. The fourth-order valence-corrected chi connectivity index (χ4v) is 3.68. The van der Waals surface area contributed by atoms with Crippen LogP contribution in [-0.4, -0.2) is 12.0 Å². The number of aromatic nitrogens is 1. The summed E-state index contributed by atoms with van der Waals surface area (Å²) in [6, 6.07) is 6.32. The highest BCUT2D eigenvalue weighted by Crippen LogP contribution is 2.42. The minimum absolute atomic E-state index is 0.566. The second-order valence-corrected chi connectivity index (χ2v) is 7.00. The van der Waals surface area contributed by atoms with Crippen molar-refractivity contribution in [2.24, 2.45) is 0 Å². The quantitative estimate of drug-likeness (QED) is 0.877. The molecular formula is C17H22N2OS. The van der Waals surface area contributed by atoms with E-state index in [-0.39, 0.29) is 0 Å². The van der Waals surface area contributed by atoms with E-state index in [2.05, 4.69) is 37.4 Å². The van der Waals surface area contributed by atoms with Crippen molar-refractivity contribution < 1.29 is 4.74 Å². The summed E-state index contributed by atoms with van der Waals surface area (Å²) in [5.41, 5.74) is 3.77. The number of aryl methyl sites for hydroxylation is 2. The summed E-state index contributed by atoms with van der Waals surface area (Å²) < 4.78 is 5.93. The van der Waals surface area contributed by atoms with Crippen molar-refractivity contribution in [3.63, 3.8) is 0 Å². The van der Waals surface area contributed by atoms with E-state index in [1.807, 2.05) is 7.05 Å². The highest BCUT2D eigenvalue weighted by Gasteiger charge is 2.29. The molecule has 2 aromatic rings. The first-order valence-corrected chi connectivity index (χ1v) is 8.31. The van der Waals surface area contributed by atoms with Gasteiger partial charge >= 0.3 is 0 Å². The zero-order valence-electron chi connectivity index (χ0n) is 12.9. The predicted octanol–water partition coefficient (Wildman–Crippen LogP) is 3.94. The van der Waals surface area contributed by atoms with Gasteiger partial charge < -0.3 is 10.1 Å². The first-order valence-electron chi connectivity index (χ1n) is 7.50. The Morgan fingerprint density at radius 1 is 1.24 bits per heavy atom. The van der Waals surface area contributed by atoms with E-state index in [9.17, 15) is 0 Å². The number of rotatable bonds is 6. The van der Waals surface area contributed by atoms with Crippen LogP contribution in [-0.2, 0) is 13.2 Å². The Morgan fingerprint density at radius 2 is 1.95 bits per heavy atom. The van der Waals surface area contributed by atoms with Gasteiger partial charge in [0.05, 0.1) is 5.69 Å². The molecule has 1 heterocycles. The summed E-state index contributed by atoms with van der Waals surface area (Å²) in [7, 11) is 1.99. The molecule has 4 heteroatoms. The molecule has 0 bridgehead atoms. The Morgan fingerprint density at radius 3 is 2.57 bits per heavy atom. The number of nitrogens with one attached hydrogen (secondary N) is 1. The third kappa shape index (κ3) is 3.63. The minimum atomic E-state index is 0.566. The Balaban J connectivity index is 1.71. The van der Waals surface area contributed by atoms with E-state index >= 15 is 0 Å². The summed E-state index contributed by atoms with van der Waals surface area (Å²) in [6.45, 7) is 5.67. The second-order valence-electron chi connectivity index (χ2n) is 5.83. The van der Waals surface area contributed by atoms with Crippen molar-refractivity contribution in [1.29, 1.82) is 0 Å². The summed E-state index contributed by atoms with van der Waals surface area (Å²) >= 11 is 1.78. The normalized spacial score (nSPS) is 14.4. The predicted molar refractivity (Wildman–Crippen MR) is 87.1 cm³/mol. The van der Waals surface area contributed by atoms with Crippen LogP contribution in [0.5, 0.6) is 5.75 Å². The lowest BCUT2D eigenvalue weighted by atomic mass is 10.1. The number of ether oxygens (including phenoxy) is 1. The average Bonchev–Trinajstić information content (AvgIpc) is 3.18. The van der Waals surface area contributed by atoms with Crippen molar-refractivity contribution in [2.45, 2.75) is 45.8 Å². The zero-order chi connectivity index (χ0) is 14.8. The number of thiazole rings is 1. The minimum Gasteiger partial charge on any atom is -0.486 e. The average molecular weight is 302 g/mol. The Kier molecular flexibility index (Phi) is 4.27. The molecular weight excluding hydrogens is 280 g/mol. The molecule has 112 valence electrons. The van der Waals surface area contributed by atoms with Crippen LogP contribution in [0.25, 0.3) is 0 Å². The topological polar surface area (TPSA) is 34.1 Å². The van der Waals surface area contributed by atoms with Crippen molar-refractivity contribution >= 4 is 11.3 Å². The smallest absolute Gasteiger partial charge is 0.140 e. The van der Waals surface area contributed by atoms with Gasteiger partial charge in [-0.25, -0.2) is 4.98 Å². The Labute approximate surface area is 130 Å². The van der Waals surface area contributed by atoms with E-state index in [4.69, 9.17) is 9.72 Å². The van der Waals surface area contributed by atoms with E-state index in [1.54, 1.807) is 11.3 Å². The molecule has 0 radical (unpaired) electrons. The molecule has 21 heavy (non-hydrogen) atoms. The SMILES string of the molecule is CNCc1sc(COc2cc(C)cc(C)c2)nc1C1CC1. The molecule has 1 aromatic carbocycles. The zero-order valence-corrected chi connectivity index (χ0v) is 13.7. The summed E-state index contributed by atoms with van der Waals surface area (Å²) in [5, 5.41) is 4.32. The van der Waals surface area contributed by atoms with Gasteiger partial charge in [0.25, 0.3) is 0 Å². The van der Waals surface area contributed by atoms with Crippen LogP contribution < -0.4 is 10.1 Å². The van der Waals surface area contributed by atoms with Crippen LogP contribution >= 0.6 is 11.3 Å². The number of hydrogen-bond acceptors (Lipinski definition) is 4. The van der Waals surface area contributed by atoms with Gasteiger partial charge in [0.15, 0.2) is 0 Å². The lowest BCUT2D eigenvalue weighted by molar-refractivity contribution is 0.305. The number of benzene rings is 1. The maximum absolute atomic E-state index is 5.93. The molecule has 1 fully saturated rings. The molecule has 1 aliphatic rings. The first-order chi connectivity index (χ1) is 10.2. The molecule has 0 unspecified atom stereocenters. The largest absolute Gasteiger partial charge is 0.486 e. The molecule has 1 saturated carbocycles. The first kappa shape index (κ1) is 14.5. The Hall–Kier alpha value is -1.39. The third-order valence-electron chi connectivity index (χ3n) is 3.63. The maximum Gasteiger partial charge on any atom is 0.140 e. The van der Waals surface area contributed by atoms with Crippen LogP contribution in [0.15, 0.2) is 18.2 Å². The summed E-state index contributed by atoms with van der Waals surface area (Å²) in [5.74, 6) is 1.63. The van der Waals surface area contributed by atoms with Crippen LogP contribution in [0.2, 0.25) is 0 Å². The Bertz CT molecular complexity index is 611. The highest BCUT2D eigenvalue weighted by molar-refractivity contribution is 7.11. The second kappa shape index (κ2) is 6.16. The van der Waals surface area contributed by atoms with Gasteiger partial charge in [-0.3, -0.25) is 0 Å². The molecule has 1 aliphatic carbocycles. The fourth-order valence-electron chi connectivity index (χ4n) is 2.60. The molecule has 0 saturated heterocycles. The molecule has 1 aromatic heterocycles. The summed E-state index contributed by atoms with van der Waals surface area (Å²) in [4.78, 5) is 6.18. The van der Waals surface area contributed by atoms with E-state index < -0.39 is 0 Å². The van der Waals surface area contributed by atoms with Crippen LogP contribution in [0, 0.1) is 13.8 Å². The molecule has 1 N–H and O–H groups in total. The van der Waals surface area contributed by atoms with Gasteiger partial charge in [-0.15, -0.1) is 11.3 Å². The van der Waals surface area contributed by atoms with Crippen LogP contribution in [0.3, 0.4) is 0 Å². The van der Waals surface area contributed by atoms with Gasteiger partial charge in [0.2, 0.25) is 0 Å². The van der Waals surface area contributed by atoms with Crippen molar-refractivity contribution in [3.8, 4) is 5.75 Å². The van der Waals surface area contributed by atoms with Gasteiger partial charge in [-0.05, 0) is 57.0 Å². The monoisotopic (exact) mass is 302 g/mol. The lowest BCUT2D eigenvalue weighted by Gasteiger charge is -2.06. The van der Waals surface area contributed by atoms with Crippen LogP contribution in [0.1, 0.15) is 45.5 Å².